The van der Waals surface area contributed by atoms with E-state index in [4.69, 9.17) is 5.11 Å². The Morgan fingerprint density at radius 1 is 1.31 bits per heavy atom. The van der Waals surface area contributed by atoms with Crippen molar-refractivity contribution in [2.24, 2.45) is 0 Å². The number of amides is 1. The fourth-order valence-electron chi connectivity index (χ4n) is 0.764. The quantitative estimate of drug-likeness (QED) is 0.645. The molecule has 0 aliphatic heterocycles. The zero-order chi connectivity index (χ0) is 10.6. The van der Waals surface area contributed by atoms with E-state index in [-0.39, 0.29) is 12.5 Å². The molecule has 0 saturated carbocycles. The first kappa shape index (κ1) is 11.9. The fraction of sp³-hybridized carbons (Fsp3) is 0.750. The van der Waals surface area contributed by atoms with Crippen LogP contribution in [-0.4, -0.2) is 60.5 Å². The van der Waals surface area contributed by atoms with E-state index < -0.39 is 12.0 Å². The number of likely N-dealkylation sites (N-methyl/N-ethyl adjacent to an activating group) is 2. The molecule has 1 atom stereocenters. The van der Waals surface area contributed by atoms with Crippen molar-refractivity contribution in [2.75, 3.05) is 27.7 Å². The molecule has 0 radical (unpaired) electrons. The third-order valence-electron chi connectivity index (χ3n) is 1.78. The molecule has 76 valence electrons. The van der Waals surface area contributed by atoms with Crippen LogP contribution in [-0.2, 0) is 9.59 Å². The topological polar surface area (TPSA) is 60.9 Å². The molecule has 0 aromatic carbocycles. The highest BCUT2D eigenvalue weighted by atomic mass is 16.4. The number of nitrogens with zero attached hydrogens (tertiary/aromatic N) is 2. The van der Waals surface area contributed by atoms with Crippen LogP contribution in [0.15, 0.2) is 0 Å². The standard InChI is InChI=1S/C8H16N2O3/c1-6(8(12)13)10(4)7(11)5-9(2)3/h6H,5H2,1-4H3,(H,12,13). The number of aliphatic carboxylic acids is 1. The lowest BCUT2D eigenvalue weighted by atomic mass is 10.3. The third kappa shape index (κ3) is 3.89. The summed E-state index contributed by atoms with van der Waals surface area (Å²) in [6, 6.07) is -0.771. The molecule has 13 heavy (non-hydrogen) atoms. The van der Waals surface area contributed by atoms with Crippen LogP contribution in [0.3, 0.4) is 0 Å². The SMILES string of the molecule is CC(C(=O)O)N(C)C(=O)CN(C)C. The van der Waals surface area contributed by atoms with Crippen LogP contribution >= 0.6 is 0 Å². The molecule has 0 aliphatic rings. The van der Waals surface area contributed by atoms with E-state index >= 15 is 0 Å². The highest BCUT2D eigenvalue weighted by molar-refractivity contribution is 5.84. The van der Waals surface area contributed by atoms with Gasteiger partial charge in [0, 0.05) is 7.05 Å². The summed E-state index contributed by atoms with van der Waals surface area (Å²) in [7, 11) is 5.01. The zero-order valence-corrected chi connectivity index (χ0v) is 8.44. The van der Waals surface area contributed by atoms with E-state index in [1.54, 1.807) is 19.0 Å². The number of carbonyl (C=O) groups is 2. The van der Waals surface area contributed by atoms with Crippen molar-refractivity contribution in [3.63, 3.8) is 0 Å². The molecule has 5 nitrogen and oxygen atoms in total. The molecule has 0 bridgehead atoms. The molecular weight excluding hydrogens is 172 g/mol. The Kier molecular flexibility index (Phi) is 4.40. The summed E-state index contributed by atoms with van der Waals surface area (Å²) in [5, 5.41) is 8.63. The summed E-state index contributed by atoms with van der Waals surface area (Å²) >= 11 is 0. The van der Waals surface area contributed by atoms with Gasteiger partial charge in [-0.25, -0.2) is 4.79 Å². The second kappa shape index (κ2) is 4.81. The van der Waals surface area contributed by atoms with Gasteiger partial charge in [-0.1, -0.05) is 0 Å². The second-order valence-corrected chi connectivity index (χ2v) is 3.26. The number of carboxylic acid groups (broad SMARTS) is 1. The molecule has 0 aromatic heterocycles. The Morgan fingerprint density at radius 2 is 1.77 bits per heavy atom. The number of hydrogen-bond acceptors (Lipinski definition) is 3. The van der Waals surface area contributed by atoms with Crippen molar-refractivity contribution in [3.05, 3.63) is 0 Å². The van der Waals surface area contributed by atoms with Crippen molar-refractivity contribution >= 4 is 11.9 Å². The molecule has 0 heterocycles. The number of carboxylic acids is 1. The maximum absolute atomic E-state index is 11.3. The van der Waals surface area contributed by atoms with Crippen LogP contribution < -0.4 is 0 Å². The van der Waals surface area contributed by atoms with E-state index in [1.165, 1.54) is 18.9 Å². The second-order valence-electron chi connectivity index (χ2n) is 3.26. The van der Waals surface area contributed by atoms with Crippen LogP contribution in [0.4, 0.5) is 0 Å². The van der Waals surface area contributed by atoms with Crippen LogP contribution in [0.1, 0.15) is 6.92 Å². The van der Waals surface area contributed by atoms with Gasteiger partial charge in [-0.3, -0.25) is 4.79 Å². The summed E-state index contributed by atoms with van der Waals surface area (Å²) < 4.78 is 0. The largest absolute Gasteiger partial charge is 0.480 e. The zero-order valence-electron chi connectivity index (χ0n) is 8.44. The van der Waals surface area contributed by atoms with Crippen molar-refractivity contribution in [2.45, 2.75) is 13.0 Å². The molecule has 0 aliphatic carbocycles. The molecule has 0 rings (SSSR count). The first-order valence-corrected chi connectivity index (χ1v) is 3.99. The maximum atomic E-state index is 11.3. The predicted molar refractivity (Wildman–Crippen MR) is 48.4 cm³/mol. The number of rotatable bonds is 4. The van der Waals surface area contributed by atoms with Gasteiger partial charge in [0.1, 0.15) is 6.04 Å². The molecule has 5 heteroatoms. The number of hydrogen-bond donors (Lipinski definition) is 1. The van der Waals surface area contributed by atoms with E-state index in [2.05, 4.69) is 0 Å². The lowest BCUT2D eigenvalue weighted by Crippen LogP contribution is -2.44. The lowest BCUT2D eigenvalue weighted by molar-refractivity contribution is -0.148. The van der Waals surface area contributed by atoms with Crippen LogP contribution in [0.5, 0.6) is 0 Å². The summed E-state index contributed by atoms with van der Waals surface area (Å²) in [6.45, 7) is 1.71. The van der Waals surface area contributed by atoms with Gasteiger partial charge in [0.05, 0.1) is 6.54 Å². The van der Waals surface area contributed by atoms with Crippen molar-refractivity contribution in [1.29, 1.82) is 0 Å². The predicted octanol–water partition coefficient (Wildman–Crippen LogP) is -0.520. The third-order valence-corrected chi connectivity index (χ3v) is 1.78. The van der Waals surface area contributed by atoms with Gasteiger partial charge in [-0.2, -0.15) is 0 Å². The van der Waals surface area contributed by atoms with Gasteiger partial charge in [-0.15, -0.1) is 0 Å². The Balaban J connectivity index is 4.17. The minimum absolute atomic E-state index is 0.195. The van der Waals surface area contributed by atoms with Gasteiger partial charge in [0.2, 0.25) is 5.91 Å². The smallest absolute Gasteiger partial charge is 0.326 e. The van der Waals surface area contributed by atoms with Crippen molar-refractivity contribution < 1.29 is 14.7 Å². The Labute approximate surface area is 77.9 Å². The summed E-state index contributed by atoms with van der Waals surface area (Å²) in [5.41, 5.74) is 0. The molecule has 0 spiro atoms. The Morgan fingerprint density at radius 3 is 2.08 bits per heavy atom. The molecule has 1 amide bonds. The number of carbonyl (C=O) groups excluding carboxylic acids is 1. The molecular formula is C8H16N2O3. The van der Waals surface area contributed by atoms with Crippen LogP contribution in [0.2, 0.25) is 0 Å². The maximum Gasteiger partial charge on any atom is 0.326 e. The summed E-state index contributed by atoms with van der Waals surface area (Å²) in [4.78, 5) is 24.8. The van der Waals surface area contributed by atoms with E-state index in [0.29, 0.717) is 0 Å². The lowest BCUT2D eigenvalue weighted by Gasteiger charge is -2.23. The van der Waals surface area contributed by atoms with E-state index in [0.717, 1.165) is 0 Å². The van der Waals surface area contributed by atoms with Gasteiger partial charge >= 0.3 is 5.97 Å². The molecule has 1 unspecified atom stereocenters. The normalized spacial score (nSPS) is 12.7. The van der Waals surface area contributed by atoms with Gasteiger partial charge in [0.25, 0.3) is 0 Å². The minimum Gasteiger partial charge on any atom is -0.480 e. The molecule has 0 aromatic rings. The van der Waals surface area contributed by atoms with Crippen molar-refractivity contribution in [3.8, 4) is 0 Å². The van der Waals surface area contributed by atoms with Gasteiger partial charge < -0.3 is 14.9 Å². The summed E-state index contributed by atoms with van der Waals surface area (Å²) in [6.07, 6.45) is 0. The van der Waals surface area contributed by atoms with Gasteiger partial charge in [-0.05, 0) is 21.0 Å². The highest BCUT2D eigenvalue weighted by Crippen LogP contribution is 1.96. The first-order valence-electron chi connectivity index (χ1n) is 3.99. The molecule has 1 N–H and O–H groups in total. The van der Waals surface area contributed by atoms with E-state index in [9.17, 15) is 9.59 Å². The highest BCUT2D eigenvalue weighted by Gasteiger charge is 2.21. The molecule has 0 saturated heterocycles. The minimum atomic E-state index is -0.991. The Hall–Kier alpha value is -1.10. The monoisotopic (exact) mass is 188 g/mol. The average molecular weight is 188 g/mol. The molecule has 0 fully saturated rings. The summed E-state index contributed by atoms with van der Waals surface area (Å²) in [5.74, 6) is -1.19. The van der Waals surface area contributed by atoms with Gasteiger partial charge in [0.15, 0.2) is 0 Å². The Bertz CT molecular complexity index is 204. The fourth-order valence-corrected chi connectivity index (χ4v) is 0.764. The first-order chi connectivity index (χ1) is 5.86. The van der Waals surface area contributed by atoms with Crippen LogP contribution in [0.25, 0.3) is 0 Å². The van der Waals surface area contributed by atoms with Crippen molar-refractivity contribution in [1.82, 2.24) is 9.80 Å². The average Bonchev–Trinajstić information content (AvgIpc) is 2.00. The van der Waals surface area contributed by atoms with Crippen LogP contribution in [0, 0.1) is 0 Å². The van der Waals surface area contributed by atoms with E-state index in [1.807, 2.05) is 0 Å².